The molecule has 0 saturated carbocycles. The fourth-order valence-electron chi connectivity index (χ4n) is 1.46. The van der Waals surface area contributed by atoms with E-state index in [1.165, 1.54) is 7.11 Å². The summed E-state index contributed by atoms with van der Waals surface area (Å²) in [5, 5.41) is 12.7. The van der Waals surface area contributed by atoms with Gasteiger partial charge in [-0.3, -0.25) is 4.79 Å². The van der Waals surface area contributed by atoms with Crippen molar-refractivity contribution in [2.75, 3.05) is 20.7 Å². The number of Topliss-reactive ketones (excluding diaryl/α,β-unsaturated/α-hetero) is 1. The number of ether oxygens (including phenoxy) is 1. The fraction of sp³-hybridized carbons (Fsp3) is 0.364. The second kappa shape index (κ2) is 5.32. The summed E-state index contributed by atoms with van der Waals surface area (Å²) >= 11 is 3.33. The molecule has 0 saturated heterocycles. The van der Waals surface area contributed by atoms with Crippen molar-refractivity contribution < 1.29 is 14.6 Å². The molecule has 0 fully saturated rings. The van der Waals surface area contributed by atoms with Crippen LogP contribution in [0.25, 0.3) is 0 Å². The first-order chi connectivity index (χ1) is 7.52. The van der Waals surface area contributed by atoms with Crippen LogP contribution in [0.1, 0.15) is 15.9 Å². The van der Waals surface area contributed by atoms with Gasteiger partial charge in [0.25, 0.3) is 0 Å². The Morgan fingerprint density at radius 2 is 2.25 bits per heavy atom. The van der Waals surface area contributed by atoms with Crippen molar-refractivity contribution in [2.45, 2.75) is 6.92 Å². The normalized spacial score (nSPS) is 10.2. The van der Waals surface area contributed by atoms with Gasteiger partial charge in [0.05, 0.1) is 19.2 Å². The number of hydrogen-bond donors (Lipinski definition) is 2. The number of nitrogens with one attached hydrogen (secondary N) is 1. The van der Waals surface area contributed by atoms with Crippen LogP contribution in [0, 0.1) is 6.92 Å². The number of phenolic OH excluding ortho intramolecular Hbond substituents is 1. The number of aromatic hydroxyl groups is 1. The molecule has 5 heteroatoms. The molecule has 0 amide bonds. The molecule has 88 valence electrons. The number of benzene rings is 1. The SMILES string of the molecule is CNCC(=O)c1c(C)c(Br)cc(OC)c1O. The van der Waals surface area contributed by atoms with Crippen LogP contribution in [-0.4, -0.2) is 31.6 Å². The first kappa shape index (κ1) is 13.0. The molecule has 0 aliphatic carbocycles. The Balaban J connectivity index is 3.35. The summed E-state index contributed by atoms with van der Waals surface area (Å²) in [6.07, 6.45) is 0. The van der Waals surface area contributed by atoms with Crippen LogP contribution in [0.15, 0.2) is 10.5 Å². The van der Waals surface area contributed by atoms with Gasteiger partial charge < -0.3 is 15.2 Å². The van der Waals surface area contributed by atoms with Crippen molar-refractivity contribution in [3.05, 3.63) is 21.7 Å². The molecule has 0 aromatic heterocycles. The number of carbonyl (C=O) groups is 1. The zero-order valence-corrected chi connectivity index (χ0v) is 11.0. The molecule has 4 nitrogen and oxygen atoms in total. The van der Waals surface area contributed by atoms with E-state index in [0.717, 1.165) is 4.47 Å². The number of methoxy groups -OCH3 is 1. The number of halogens is 1. The van der Waals surface area contributed by atoms with Gasteiger partial charge in [-0.05, 0) is 25.6 Å². The molecule has 0 heterocycles. The minimum atomic E-state index is -0.169. The van der Waals surface area contributed by atoms with Gasteiger partial charge in [0, 0.05) is 4.47 Å². The van der Waals surface area contributed by atoms with Crippen LogP contribution in [0.2, 0.25) is 0 Å². The predicted octanol–water partition coefficient (Wildman–Crippen LogP) is 1.87. The van der Waals surface area contributed by atoms with E-state index in [4.69, 9.17) is 4.74 Å². The van der Waals surface area contributed by atoms with Gasteiger partial charge in [-0.25, -0.2) is 0 Å². The molecule has 0 atom stereocenters. The van der Waals surface area contributed by atoms with Crippen molar-refractivity contribution in [1.29, 1.82) is 0 Å². The topological polar surface area (TPSA) is 58.6 Å². The van der Waals surface area contributed by atoms with E-state index >= 15 is 0 Å². The van der Waals surface area contributed by atoms with Crippen molar-refractivity contribution in [1.82, 2.24) is 5.32 Å². The molecular formula is C11H14BrNO3. The number of ketones is 1. The summed E-state index contributed by atoms with van der Waals surface area (Å²) < 4.78 is 5.73. The molecular weight excluding hydrogens is 274 g/mol. The molecule has 0 spiro atoms. The van der Waals surface area contributed by atoms with E-state index in [1.54, 1.807) is 20.0 Å². The number of carbonyl (C=O) groups excluding carboxylic acids is 1. The van der Waals surface area contributed by atoms with Gasteiger partial charge >= 0.3 is 0 Å². The summed E-state index contributed by atoms with van der Waals surface area (Å²) in [6, 6.07) is 1.64. The molecule has 0 bridgehead atoms. The van der Waals surface area contributed by atoms with Gasteiger partial charge in [-0.2, -0.15) is 0 Å². The second-order valence-corrected chi connectivity index (χ2v) is 4.22. The molecule has 0 unspecified atom stereocenters. The fourth-order valence-corrected chi connectivity index (χ4v) is 1.86. The van der Waals surface area contributed by atoms with Gasteiger partial charge in [0.2, 0.25) is 0 Å². The summed E-state index contributed by atoms with van der Waals surface area (Å²) in [7, 11) is 3.13. The standard InChI is InChI=1S/C11H14BrNO3/c1-6-7(12)4-9(16-3)11(15)10(6)8(14)5-13-2/h4,13,15H,5H2,1-3H3. The lowest BCUT2D eigenvalue weighted by atomic mass is 10.0. The molecule has 0 radical (unpaired) electrons. The molecule has 1 rings (SSSR count). The highest BCUT2D eigenvalue weighted by Crippen LogP contribution is 2.37. The Kier molecular flexibility index (Phi) is 4.32. The van der Waals surface area contributed by atoms with E-state index in [0.29, 0.717) is 11.1 Å². The molecule has 0 aliphatic heterocycles. The Hall–Kier alpha value is -1.07. The minimum Gasteiger partial charge on any atom is -0.504 e. The maximum Gasteiger partial charge on any atom is 0.180 e. The zero-order valence-electron chi connectivity index (χ0n) is 9.43. The highest BCUT2D eigenvalue weighted by Gasteiger charge is 2.19. The van der Waals surface area contributed by atoms with E-state index in [2.05, 4.69) is 21.2 Å². The number of phenols is 1. The Morgan fingerprint density at radius 3 is 2.75 bits per heavy atom. The van der Waals surface area contributed by atoms with Crippen molar-refractivity contribution >= 4 is 21.7 Å². The molecule has 1 aromatic rings. The molecule has 0 aliphatic rings. The van der Waals surface area contributed by atoms with Gasteiger partial charge in [-0.1, -0.05) is 15.9 Å². The van der Waals surface area contributed by atoms with Gasteiger partial charge in [0.1, 0.15) is 0 Å². The van der Waals surface area contributed by atoms with E-state index in [9.17, 15) is 9.90 Å². The predicted molar refractivity (Wildman–Crippen MR) is 65.4 cm³/mol. The third kappa shape index (κ3) is 2.36. The first-order valence-electron chi connectivity index (χ1n) is 4.76. The quantitative estimate of drug-likeness (QED) is 0.830. The molecule has 16 heavy (non-hydrogen) atoms. The average Bonchev–Trinajstić information content (AvgIpc) is 2.24. The zero-order chi connectivity index (χ0) is 12.3. The van der Waals surface area contributed by atoms with Crippen molar-refractivity contribution in [3.8, 4) is 11.5 Å². The summed E-state index contributed by atoms with van der Waals surface area (Å²) in [4.78, 5) is 11.8. The third-order valence-corrected chi connectivity index (χ3v) is 3.12. The van der Waals surface area contributed by atoms with E-state index < -0.39 is 0 Å². The summed E-state index contributed by atoms with van der Waals surface area (Å²) in [6.45, 7) is 1.94. The maximum absolute atomic E-state index is 11.8. The highest BCUT2D eigenvalue weighted by atomic mass is 79.9. The highest BCUT2D eigenvalue weighted by molar-refractivity contribution is 9.10. The van der Waals surface area contributed by atoms with Gasteiger partial charge in [0.15, 0.2) is 17.3 Å². The van der Waals surface area contributed by atoms with E-state index in [1.807, 2.05) is 0 Å². The van der Waals surface area contributed by atoms with Crippen LogP contribution in [-0.2, 0) is 0 Å². The largest absolute Gasteiger partial charge is 0.504 e. The molecule has 2 N–H and O–H groups in total. The van der Waals surface area contributed by atoms with Crippen molar-refractivity contribution in [3.63, 3.8) is 0 Å². The molecule has 1 aromatic carbocycles. The van der Waals surface area contributed by atoms with Crippen LogP contribution >= 0.6 is 15.9 Å². The Bertz CT molecular complexity index is 418. The smallest absolute Gasteiger partial charge is 0.180 e. The van der Waals surface area contributed by atoms with E-state index in [-0.39, 0.29) is 23.8 Å². The minimum absolute atomic E-state index is 0.108. The lowest BCUT2D eigenvalue weighted by Gasteiger charge is -2.12. The van der Waals surface area contributed by atoms with Crippen molar-refractivity contribution in [2.24, 2.45) is 0 Å². The third-order valence-electron chi connectivity index (χ3n) is 2.30. The first-order valence-corrected chi connectivity index (χ1v) is 5.56. The monoisotopic (exact) mass is 287 g/mol. The van der Waals surface area contributed by atoms with Crippen LogP contribution in [0.3, 0.4) is 0 Å². The number of likely N-dealkylation sites (N-methyl/N-ethyl adjacent to an activating group) is 1. The summed E-state index contributed by atoms with van der Waals surface area (Å²) in [5.41, 5.74) is 0.999. The van der Waals surface area contributed by atoms with Gasteiger partial charge in [-0.15, -0.1) is 0 Å². The number of hydrogen-bond acceptors (Lipinski definition) is 4. The lowest BCUT2D eigenvalue weighted by molar-refractivity contribution is 0.0989. The Labute approximate surface area is 103 Å². The van der Waals surface area contributed by atoms with Crippen LogP contribution < -0.4 is 10.1 Å². The second-order valence-electron chi connectivity index (χ2n) is 3.36. The maximum atomic E-state index is 11.8. The van der Waals surface area contributed by atoms with Crippen LogP contribution in [0.5, 0.6) is 11.5 Å². The number of rotatable bonds is 4. The summed E-state index contributed by atoms with van der Waals surface area (Å²) in [5.74, 6) is 0.0116. The lowest BCUT2D eigenvalue weighted by Crippen LogP contribution is -2.19. The van der Waals surface area contributed by atoms with Crippen LogP contribution in [0.4, 0.5) is 0 Å². The average molecular weight is 288 g/mol. The Morgan fingerprint density at radius 1 is 1.62 bits per heavy atom.